The zero-order valence-electron chi connectivity index (χ0n) is 17.2. The van der Waals surface area contributed by atoms with Crippen LogP contribution in [0.15, 0.2) is 47.4 Å². The van der Waals surface area contributed by atoms with E-state index in [4.69, 9.17) is 9.47 Å². The molecule has 158 valence electrons. The van der Waals surface area contributed by atoms with E-state index in [1.54, 1.807) is 20.1 Å². The van der Waals surface area contributed by atoms with Crippen molar-refractivity contribution in [2.75, 3.05) is 20.3 Å². The largest absolute Gasteiger partial charge is 0.497 e. The first-order valence-corrected chi connectivity index (χ1v) is 10.9. The molecule has 7 nitrogen and oxygen atoms in total. The van der Waals surface area contributed by atoms with Crippen LogP contribution >= 0.6 is 0 Å². The van der Waals surface area contributed by atoms with E-state index in [1.165, 1.54) is 12.1 Å². The molecule has 0 bridgehead atoms. The van der Waals surface area contributed by atoms with Gasteiger partial charge < -0.3 is 14.8 Å². The summed E-state index contributed by atoms with van der Waals surface area (Å²) in [5.41, 5.74) is 1.59. The van der Waals surface area contributed by atoms with Gasteiger partial charge in [0, 0.05) is 6.54 Å². The lowest BCUT2D eigenvalue weighted by Gasteiger charge is -2.16. The lowest BCUT2D eigenvalue weighted by molar-refractivity contribution is -0.123. The van der Waals surface area contributed by atoms with E-state index in [0.29, 0.717) is 24.3 Å². The van der Waals surface area contributed by atoms with Gasteiger partial charge >= 0.3 is 0 Å². The minimum absolute atomic E-state index is 0.165. The third-order valence-corrected chi connectivity index (χ3v) is 5.81. The number of benzene rings is 2. The van der Waals surface area contributed by atoms with Crippen LogP contribution in [0.4, 0.5) is 0 Å². The molecule has 0 radical (unpaired) electrons. The lowest BCUT2D eigenvalue weighted by Crippen LogP contribution is -2.31. The molecule has 29 heavy (non-hydrogen) atoms. The molecule has 0 heterocycles. The van der Waals surface area contributed by atoms with Crippen LogP contribution in [0.2, 0.25) is 0 Å². The van der Waals surface area contributed by atoms with Gasteiger partial charge in [0.2, 0.25) is 10.0 Å². The summed E-state index contributed by atoms with van der Waals surface area (Å²) >= 11 is 0. The number of carbonyl (C=O) groups excluding carboxylic acids is 1. The van der Waals surface area contributed by atoms with Crippen LogP contribution in [0.25, 0.3) is 0 Å². The Balaban J connectivity index is 1.94. The summed E-state index contributed by atoms with van der Waals surface area (Å²) in [6.07, 6.45) is 0.712. The topological polar surface area (TPSA) is 93.7 Å². The number of sulfonamides is 1. The highest BCUT2D eigenvalue weighted by Crippen LogP contribution is 2.22. The molecule has 8 heteroatoms. The Kier molecular flexibility index (Phi) is 8.04. The van der Waals surface area contributed by atoms with Crippen LogP contribution in [0.3, 0.4) is 0 Å². The van der Waals surface area contributed by atoms with Crippen molar-refractivity contribution in [2.24, 2.45) is 0 Å². The number of aryl methyl sites for hydroxylation is 1. The fraction of sp³-hybridized carbons (Fsp3) is 0.381. The van der Waals surface area contributed by atoms with Gasteiger partial charge in [-0.05, 0) is 61.7 Å². The summed E-state index contributed by atoms with van der Waals surface area (Å²) in [7, 11) is -1.94. The molecular formula is C21H28N2O5S. The van der Waals surface area contributed by atoms with Crippen molar-refractivity contribution in [3.05, 3.63) is 53.6 Å². The fourth-order valence-corrected chi connectivity index (χ4v) is 3.89. The predicted octanol–water partition coefficient (Wildman–Crippen LogP) is 2.95. The Hall–Kier alpha value is -2.58. The molecule has 0 aliphatic heterocycles. The average Bonchev–Trinajstić information content (AvgIpc) is 2.71. The Morgan fingerprint density at radius 1 is 1.14 bits per heavy atom. The molecule has 0 aliphatic rings. The van der Waals surface area contributed by atoms with Crippen molar-refractivity contribution in [1.29, 1.82) is 0 Å². The quantitative estimate of drug-likeness (QED) is 0.616. The summed E-state index contributed by atoms with van der Waals surface area (Å²) in [4.78, 5) is 12.4. The van der Waals surface area contributed by atoms with Crippen LogP contribution in [0, 0.1) is 6.92 Å². The van der Waals surface area contributed by atoms with Crippen LogP contribution in [0.5, 0.6) is 11.5 Å². The second kappa shape index (κ2) is 10.3. The number of hydrogen-bond acceptors (Lipinski definition) is 5. The highest BCUT2D eigenvalue weighted by atomic mass is 32.2. The Bertz CT molecular complexity index is 927. The highest BCUT2D eigenvalue weighted by Gasteiger charge is 2.15. The maximum absolute atomic E-state index is 12.2. The first kappa shape index (κ1) is 22.7. The molecule has 1 atom stereocenters. The van der Waals surface area contributed by atoms with Gasteiger partial charge in [0.05, 0.1) is 18.0 Å². The second-order valence-electron chi connectivity index (χ2n) is 6.68. The number of nitrogens with one attached hydrogen (secondary N) is 2. The predicted molar refractivity (Wildman–Crippen MR) is 112 cm³/mol. The lowest BCUT2D eigenvalue weighted by atomic mass is 10.1. The first-order valence-electron chi connectivity index (χ1n) is 9.43. The van der Waals surface area contributed by atoms with Crippen molar-refractivity contribution >= 4 is 15.9 Å². The third kappa shape index (κ3) is 6.47. The van der Waals surface area contributed by atoms with Gasteiger partial charge in [-0.1, -0.05) is 19.1 Å². The van der Waals surface area contributed by atoms with E-state index >= 15 is 0 Å². The summed E-state index contributed by atoms with van der Waals surface area (Å²) in [5.74, 6) is 0.946. The number of methoxy groups -OCH3 is 1. The van der Waals surface area contributed by atoms with Crippen LogP contribution in [-0.2, 0) is 14.8 Å². The van der Waals surface area contributed by atoms with Crippen molar-refractivity contribution in [3.63, 3.8) is 0 Å². The molecule has 2 aromatic carbocycles. The van der Waals surface area contributed by atoms with Gasteiger partial charge in [0.1, 0.15) is 11.5 Å². The molecule has 0 aromatic heterocycles. The van der Waals surface area contributed by atoms with Crippen LogP contribution in [-0.4, -0.2) is 34.6 Å². The van der Waals surface area contributed by atoms with Crippen molar-refractivity contribution in [3.8, 4) is 11.5 Å². The van der Waals surface area contributed by atoms with E-state index in [-0.39, 0.29) is 23.5 Å². The minimum atomic E-state index is -3.54. The van der Waals surface area contributed by atoms with Crippen molar-refractivity contribution in [2.45, 2.75) is 38.1 Å². The maximum atomic E-state index is 12.2. The average molecular weight is 421 g/mol. The molecule has 2 aromatic rings. The van der Waals surface area contributed by atoms with Crippen LogP contribution < -0.4 is 19.5 Å². The van der Waals surface area contributed by atoms with E-state index in [1.807, 2.05) is 38.1 Å². The zero-order valence-corrected chi connectivity index (χ0v) is 18.0. The summed E-state index contributed by atoms with van der Waals surface area (Å²) in [5, 5.41) is 2.87. The molecule has 2 rings (SSSR count). The van der Waals surface area contributed by atoms with Crippen LogP contribution in [0.1, 0.15) is 37.4 Å². The number of amides is 1. The normalized spacial score (nSPS) is 12.3. The van der Waals surface area contributed by atoms with E-state index in [9.17, 15) is 13.2 Å². The van der Waals surface area contributed by atoms with Gasteiger partial charge in [-0.3, -0.25) is 4.79 Å². The molecular weight excluding hydrogens is 392 g/mol. The van der Waals surface area contributed by atoms with E-state index < -0.39 is 10.0 Å². The molecule has 0 fully saturated rings. The van der Waals surface area contributed by atoms with E-state index in [2.05, 4.69) is 10.0 Å². The highest BCUT2D eigenvalue weighted by molar-refractivity contribution is 7.89. The van der Waals surface area contributed by atoms with Crippen molar-refractivity contribution < 1.29 is 22.7 Å². The van der Waals surface area contributed by atoms with Gasteiger partial charge in [-0.2, -0.15) is 0 Å². The van der Waals surface area contributed by atoms with Crippen molar-refractivity contribution in [1.82, 2.24) is 10.0 Å². The molecule has 0 saturated heterocycles. The molecule has 0 spiro atoms. The number of carbonyl (C=O) groups is 1. The number of rotatable bonds is 10. The third-order valence-electron chi connectivity index (χ3n) is 4.35. The number of ether oxygens (including phenoxy) is 2. The summed E-state index contributed by atoms with van der Waals surface area (Å²) in [6, 6.07) is 11.8. The Morgan fingerprint density at radius 2 is 1.83 bits per heavy atom. The monoisotopic (exact) mass is 420 g/mol. The molecule has 0 aliphatic carbocycles. The second-order valence-corrected chi connectivity index (χ2v) is 8.44. The smallest absolute Gasteiger partial charge is 0.258 e. The van der Waals surface area contributed by atoms with Gasteiger partial charge in [-0.25, -0.2) is 13.1 Å². The summed E-state index contributed by atoms with van der Waals surface area (Å²) < 4.78 is 37.6. The molecule has 2 N–H and O–H groups in total. The Morgan fingerprint density at radius 3 is 2.41 bits per heavy atom. The van der Waals surface area contributed by atoms with Gasteiger partial charge in [0.15, 0.2) is 6.61 Å². The maximum Gasteiger partial charge on any atom is 0.258 e. The van der Waals surface area contributed by atoms with Gasteiger partial charge in [-0.15, -0.1) is 0 Å². The molecule has 0 unspecified atom stereocenters. The zero-order chi connectivity index (χ0) is 21.4. The fourth-order valence-electron chi connectivity index (χ4n) is 2.67. The Labute approximate surface area is 172 Å². The number of hydrogen-bond donors (Lipinski definition) is 2. The molecule has 1 amide bonds. The summed E-state index contributed by atoms with van der Waals surface area (Å²) in [6.45, 7) is 5.74. The minimum Gasteiger partial charge on any atom is -0.497 e. The standard InChI is InChI=1S/C21H28N2O5S/c1-5-12-22-29(25,26)19-10-11-20(15(2)13-19)28-14-21(24)23-16(3)17-6-8-18(27-4)9-7-17/h6-11,13,16,22H,5,12,14H2,1-4H3,(H,23,24)/t16-/m1/s1. The SMILES string of the molecule is CCCNS(=O)(=O)c1ccc(OCC(=O)N[C@H](C)c2ccc(OC)cc2)c(C)c1. The molecule has 0 saturated carbocycles. The van der Waals surface area contributed by atoms with E-state index in [0.717, 1.165) is 11.3 Å². The first-order chi connectivity index (χ1) is 13.8. The van der Waals surface area contributed by atoms with Gasteiger partial charge in [0.25, 0.3) is 5.91 Å².